The summed E-state index contributed by atoms with van der Waals surface area (Å²) in [4.78, 5) is 55.0. The molecule has 4 heterocycles. The number of rotatable bonds is 8. The Balaban J connectivity index is 1.24. The van der Waals surface area contributed by atoms with Crippen molar-refractivity contribution >= 4 is 39.8 Å². The highest BCUT2D eigenvalue weighted by molar-refractivity contribution is 6.09. The van der Waals surface area contributed by atoms with Crippen LogP contribution in [0.1, 0.15) is 38.7 Å². The van der Waals surface area contributed by atoms with E-state index < -0.39 is 17.4 Å². The van der Waals surface area contributed by atoms with Crippen molar-refractivity contribution in [2.24, 2.45) is 5.92 Å². The van der Waals surface area contributed by atoms with Gasteiger partial charge in [0.2, 0.25) is 5.75 Å². The van der Waals surface area contributed by atoms with Gasteiger partial charge in [-0.1, -0.05) is 24.3 Å². The summed E-state index contributed by atoms with van der Waals surface area (Å²) in [6, 6.07) is 22.1. The summed E-state index contributed by atoms with van der Waals surface area (Å²) in [7, 11) is 4.46. The van der Waals surface area contributed by atoms with E-state index in [0.29, 0.717) is 64.9 Å². The average molecular weight is 663 g/mol. The maximum atomic E-state index is 13.7. The van der Waals surface area contributed by atoms with Gasteiger partial charge < -0.3 is 38.7 Å². The summed E-state index contributed by atoms with van der Waals surface area (Å²) >= 11 is 0. The normalized spacial score (nSPS) is 16.4. The van der Waals surface area contributed by atoms with E-state index in [2.05, 4.69) is 15.5 Å². The summed E-state index contributed by atoms with van der Waals surface area (Å²) in [5, 5.41) is 6.37. The van der Waals surface area contributed by atoms with Gasteiger partial charge in [0, 0.05) is 66.1 Å². The van der Waals surface area contributed by atoms with Crippen molar-refractivity contribution < 1.29 is 28.2 Å². The number of amides is 2. The molecule has 1 saturated heterocycles. The Hall–Kier alpha value is -6.04. The summed E-state index contributed by atoms with van der Waals surface area (Å²) in [6.45, 7) is 1.82. The zero-order valence-corrected chi connectivity index (χ0v) is 27.1. The molecule has 2 amide bonds. The lowest BCUT2D eigenvalue weighted by molar-refractivity contribution is 0.101. The summed E-state index contributed by atoms with van der Waals surface area (Å²) in [6.07, 6.45) is 0.940. The molecule has 0 radical (unpaired) electrons. The molecule has 1 fully saturated rings. The number of aromatic nitrogens is 1. The van der Waals surface area contributed by atoms with Crippen LogP contribution in [0.25, 0.3) is 11.0 Å². The first-order valence-corrected chi connectivity index (χ1v) is 15.8. The Kier molecular flexibility index (Phi) is 8.29. The van der Waals surface area contributed by atoms with Crippen LogP contribution in [-0.2, 0) is 6.54 Å². The van der Waals surface area contributed by atoms with Crippen LogP contribution in [0, 0.1) is 5.92 Å². The number of fused-ring (bicyclic) bond motifs is 5. The van der Waals surface area contributed by atoms with Gasteiger partial charge in [-0.05, 0) is 48.7 Å². The number of anilines is 3. The number of ether oxygens (including phenoxy) is 3. The van der Waals surface area contributed by atoms with Gasteiger partial charge in [-0.25, -0.2) is 4.79 Å². The lowest BCUT2D eigenvalue weighted by Crippen LogP contribution is -2.47. The maximum absolute atomic E-state index is 13.7. The molecular formula is C37H34N4O8. The van der Waals surface area contributed by atoms with Crippen molar-refractivity contribution in [1.82, 2.24) is 4.57 Å². The first-order valence-electron chi connectivity index (χ1n) is 15.8. The van der Waals surface area contributed by atoms with Crippen molar-refractivity contribution in [3.63, 3.8) is 0 Å². The fraction of sp³-hybridized carbons (Fsp3) is 0.243. The molecular weight excluding hydrogens is 628 g/mol. The highest BCUT2D eigenvalue weighted by Gasteiger charge is 2.35. The molecule has 49 heavy (non-hydrogen) atoms. The quantitative estimate of drug-likeness (QED) is 0.217. The van der Waals surface area contributed by atoms with Gasteiger partial charge in [0.15, 0.2) is 11.5 Å². The second kappa shape index (κ2) is 12.9. The lowest BCUT2D eigenvalue weighted by atomic mass is 9.83. The largest absolute Gasteiger partial charge is 0.493 e. The Labute approximate surface area is 280 Å². The van der Waals surface area contributed by atoms with E-state index in [-0.39, 0.29) is 28.5 Å². The van der Waals surface area contributed by atoms with Gasteiger partial charge in [0.25, 0.3) is 17.4 Å². The summed E-state index contributed by atoms with van der Waals surface area (Å²) < 4.78 is 23.5. The minimum absolute atomic E-state index is 0.00900. The molecule has 2 aliphatic rings. The minimum atomic E-state index is -0.774. The van der Waals surface area contributed by atoms with Crippen LogP contribution >= 0.6 is 0 Å². The zero-order chi connectivity index (χ0) is 34.2. The standard InChI is InChI=1S/C37H34N4O8/c1-46-31-16-25(17-32(47-2)34(31)48-3)38-35(43)23-11-12-29(40-18-21-13-24(20-40)28-8-6-10-33(42)41(28)19-21)27(15-23)39-36(44)26-14-22-7-4-5-9-30(22)49-37(26)45/h4-12,14-17,21,24H,13,18-20H2,1-3H3,(H,38,43)(H,39,44). The number of nitrogens with zero attached hydrogens (tertiary/aromatic N) is 2. The second-order valence-corrected chi connectivity index (χ2v) is 12.1. The van der Waals surface area contributed by atoms with Crippen LogP contribution in [-0.4, -0.2) is 50.8 Å². The van der Waals surface area contributed by atoms with E-state index in [1.165, 1.54) is 27.4 Å². The monoisotopic (exact) mass is 662 g/mol. The van der Waals surface area contributed by atoms with Crippen LogP contribution in [0.4, 0.5) is 17.1 Å². The van der Waals surface area contributed by atoms with E-state index in [9.17, 15) is 19.2 Å². The Morgan fingerprint density at radius 2 is 1.57 bits per heavy atom. The van der Waals surface area contributed by atoms with Crippen molar-refractivity contribution in [2.75, 3.05) is 50.0 Å². The number of pyridine rings is 1. The van der Waals surface area contributed by atoms with Gasteiger partial charge >= 0.3 is 5.63 Å². The Morgan fingerprint density at radius 3 is 2.33 bits per heavy atom. The molecule has 12 nitrogen and oxygen atoms in total. The number of benzene rings is 3. The molecule has 5 aromatic rings. The zero-order valence-electron chi connectivity index (χ0n) is 27.1. The fourth-order valence-electron chi connectivity index (χ4n) is 6.91. The molecule has 3 aromatic carbocycles. The Bertz CT molecular complexity index is 2200. The smallest absolute Gasteiger partial charge is 0.349 e. The number of carbonyl (C=O) groups excluding carboxylic acids is 2. The topological polar surface area (TPSA) is 141 Å². The molecule has 2 unspecified atom stereocenters. The minimum Gasteiger partial charge on any atom is -0.493 e. The highest BCUT2D eigenvalue weighted by Crippen LogP contribution is 2.41. The molecule has 0 spiro atoms. The van der Waals surface area contributed by atoms with Gasteiger partial charge in [-0.3, -0.25) is 14.4 Å². The van der Waals surface area contributed by atoms with Crippen molar-refractivity contribution in [3.8, 4) is 17.2 Å². The van der Waals surface area contributed by atoms with Crippen LogP contribution in [0.15, 0.2) is 92.9 Å². The number of nitrogens with one attached hydrogen (secondary N) is 2. The molecule has 2 aliphatic heterocycles. The molecule has 0 saturated carbocycles. The molecule has 0 aliphatic carbocycles. The third-order valence-electron chi connectivity index (χ3n) is 9.14. The number of hydrogen-bond acceptors (Lipinski definition) is 9. The number of piperidine rings is 1. The SMILES string of the molecule is COc1cc(NC(=O)c2ccc(N3CC4CC(C3)c3cccc(=O)n3C4)c(NC(=O)c3cc4ccccc4oc3=O)c2)cc(OC)c1OC. The number of para-hydroxylation sites is 1. The van der Waals surface area contributed by atoms with Gasteiger partial charge in [-0.2, -0.15) is 0 Å². The molecule has 250 valence electrons. The lowest BCUT2D eigenvalue weighted by Gasteiger charge is -2.44. The highest BCUT2D eigenvalue weighted by atomic mass is 16.5. The first kappa shape index (κ1) is 31.6. The van der Waals surface area contributed by atoms with E-state index in [4.69, 9.17) is 18.6 Å². The summed E-state index contributed by atoms with van der Waals surface area (Å²) in [5.74, 6) is 0.297. The molecule has 2 atom stereocenters. The van der Waals surface area contributed by atoms with Crippen LogP contribution < -0.4 is 40.9 Å². The number of hydrogen-bond donors (Lipinski definition) is 2. The molecule has 2 N–H and O–H groups in total. The van der Waals surface area contributed by atoms with Crippen LogP contribution in [0.5, 0.6) is 17.2 Å². The number of methoxy groups -OCH3 is 3. The Morgan fingerprint density at radius 1 is 0.796 bits per heavy atom. The molecule has 2 bridgehead atoms. The van der Waals surface area contributed by atoms with Crippen molar-refractivity contribution in [1.29, 1.82) is 0 Å². The average Bonchev–Trinajstić information content (AvgIpc) is 3.11. The first-order chi connectivity index (χ1) is 23.8. The van der Waals surface area contributed by atoms with Crippen LogP contribution in [0.3, 0.4) is 0 Å². The third kappa shape index (κ3) is 5.97. The predicted molar refractivity (Wildman–Crippen MR) is 185 cm³/mol. The van der Waals surface area contributed by atoms with Crippen LogP contribution in [0.2, 0.25) is 0 Å². The summed E-state index contributed by atoms with van der Waals surface area (Å²) in [5.41, 5.74) is 2.09. The molecule has 7 rings (SSSR count). The van der Waals surface area contributed by atoms with Gasteiger partial charge in [0.05, 0.1) is 32.7 Å². The van der Waals surface area contributed by atoms with E-state index in [1.54, 1.807) is 66.7 Å². The van der Waals surface area contributed by atoms with Crippen molar-refractivity contribution in [3.05, 3.63) is 116 Å². The van der Waals surface area contributed by atoms with Gasteiger partial charge in [0.1, 0.15) is 11.1 Å². The fourth-order valence-corrected chi connectivity index (χ4v) is 6.91. The van der Waals surface area contributed by atoms with Gasteiger partial charge in [-0.15, -0.1) is 0 Å². The third-order valence-corrected chi connectivity index (χ3v) is 9.14. The van der Waals surface area contributed by atoms with E-state index in [0.717, 1.165) is 12.1 Å². The van der Waals surface area contributed by atoms with Crippen molar-refractivity contribution in [2.45, 2.75) is 18.9 Å². The molecule has 12 heteroatoms. The molecule has 2 aromatic heterocycles. The predicted octanol–water partition coefficient (Wildman–Crippen LogP) is 5.11. The van der Waals surface area contributed by atoms with E-state index in [1.807, 2.05) is 10.6 Å². The number of carbonyl (C=O) groups is 2. The van der Waals surface area contributed by atoms with E-state index >= 15 is 0 Å². The second-order valence-electron chi connectivity index (χ2n) is 12.1. The maximum Gasteiger partial charge on any atom is 0.349 e.